The van der Waals surface area contributed by atoms with Gasteiger partial charge in [-0.3, -0.25) is 4.68 Å². The van der Waals surface area contributed by atoms with Crippen molar-refractivity contribution in [3.63, 3.8) is 0 Å². The molecular formula is C9H13N3O2. The molecule has 14 heavy (non-hydrogen) atoms. The predicted octanol–water partition coefficient (Wildman–Crippen LogP) is 0.417. The highest BCUT2D eigenvalue weighted by atomic mass is 16.4. The number of carbonyl (C=O) groups is 1. The van der Waals surface area contributed by atoms with E-state index < -0.39 is 5.97 Å². The average Bonchev–Trinajstić information content (AvgIpc) is 2.60. The second kappa shape index (κ2) is 3.42. The number of carboxylic acids is 1. The van der Waals surface area contributed by atoms with Gasteiger partial charge < -0.3 is 10.8 Å². The van der Waals surface area contributed by atoms with E-state index in [-0.39, 0.29) is 5.92 Å². The summed E-state index contributed by atoms with van der Waals surface area (Å²) in [7, 11) is 0. The van der Waals surface area contributed by atoms with Crippen LogP contribution in [0.5, 0.6) is 0 Å². The van der Waals surface area contributed by atoms with Crippen LogP contribution in [0.25, 0.3) is 0 Å². The van der Waals surface area contributed by atoms with Crippen molar-refractivity contribution in [2.45, 2.75) is 25.3 Å². The summed E-state index contributed by atoms with van der Waals surface area (Å²) in [5.41, 5.74) is 6.72. The van der Waals surface area contributed by atoms with Crippen LogP contribution < -0.4 is 5.73 Å². The Morgan fingerprint density at radius 2 is 2.57 bits per heavy atom. The van der Waals surface area contributed by atoms with Crippen LogP contribution in [0.3, 0.4) is 0 Å². The topological polar surface area (TPSA) is 81.1 Å². The van der Waals surface area contributed by atoms with E-state index in [4.69, 9.17) is 10.8 Å². The molecule has 1 aliphatic rings. The van der Waals surface area contributed by atoms with Crippen molar-refractivity contribution in [3.05, 3.63) is 17.5 Å². The summed E-state index contributed by atoms with van der Waals surface area (Å²) in [5, 5.41) is 13.0. The Bertz CT molecular complexity index is 359. The van der Waals surface area contributed by atoms with Gasteiger partial charge in [0.1, 0.15) is 5.56 Å². The number of aromatic carboxylic acids is 1. The van der Waals surface area contributed by atoms with E-state index in [1.807, 2.05) is 0 Å². The first-order valence-corrected chi connectivity index (χ1v) is 4.73. The fourth-order valence-corrected chi connectivity index (χ4v) is 2.02. The van der Waals surface area contributed by atoms with Crippen molar-refractivity contribution in [1.82, 2.24) is 9.78 Å². The third-order valence-corrected chi connectivity index (χ3v) is 2.70. The molecule has 0 saturated carbocycles. The Balaban J connectivity index is 2.46. The summed E-state index contributed by atoms with van der Waals surface area (Å²) in [6.07, 6.45) is 3.41. The van der Waals surface area contributed by atoms with Gasteiger partial charge in [0.05, 0.1) is 11.9 Å². The van der Waals surface area contributed by atoms with Crippen LogP contribution in [0.15, 0.2) is 6.20 Å². The standard InChI is InChI=1S/C9H13N3O2/c10-4-6-2-1-3-12-8(6)7(5-11-12)9(13)14/h5-6H,1-4,10H2,(H,13,14). The number of hydrogen-bond donors (Lipinski definition) is 2. The van der Waals surface area contributed by atoms with E-state index in [1.54, 1.807) is 4.68 Å². The number of carboxylic acid groups (broad SMARTS) is 1. The lowest BCUT2D eigenvalue weighted by Crippen LogP contribution is -2.24. The van der Waals surface area contributed by atoms with Gasteiger partial charge in [-0.05, 0) is 12.8 Å². The number of nitrogens with zero attached hydrogens (tertiary/aromatic N) is 2. The maximum absolute atomic E-state index is 10.9. The van der Waals surface area contributed by atoms with Crippen LogP contribution >= 0.6 is 0 Å². The predicted molar refractivity (Wildman–Crippen MR) is 50.2 cm³/mol. The molecule has 0 spiro atoms. The SMILES string of the molecule is NCC1CCCn2ncc(C(=O)O)c21. The van der Waals surface area contributed by atoms with Gasteiger partial charge in [0.25, 0.3) is 0 Å². The van der Waals surface area contributed by atoms with Crippen LogP contribution in [0.4, 0.5) is 0 Å². The fourth-order valence-electron chi connectivity index (χ4n) is 2.02. The average molecular weight is 195 g/mol. The molecule has 1 unspecified atom stereocenters. The van der Waals surface area contributed by atoms with Crippen LogP contribution in [-0.4, -0.2) is 27.4 Å². The summed E-state index contributed by atoms with van der Waals surface area (Å²) < 4.78 is 1.77. The molecule has 0 aromatic carbocycles. The molecule has 2 heterocycles. The van der Waals surface area contributed by atoms with E-state index >= 15 is 0 Å². The quantitative estimate of drug-likeness (QED) is 0.716. The van der Waals surface area contributed by atoms with Crippen molar-refractivity contribution in [2.24, 2.45) is 5.73 Å². The minimum absolute atomic E-state index is 0.150. The first-order chi connectivity index (χ1) is 6.74. The summed E-state index contributed by atoms with van der Waals surface area (Å²) in [5.74, 6) is -0.760. The third-order valence-electron chi connectivity index (χ3n) is 2.70. The van der Waals surface area contributed by atoms with E-state index in [2.05, 4.69) is 5.10 Å². The van der Waals surface area contributed by atoms with Crippen molar-refractivity contribution >= 4 is 5.97 Å². The monoisotopic (exact) mass is 195 g/mol. The molecule has 1 aromatic heterocycles. The number of nitrogens with two attached hydrogens (primary N) is 1. The lowest BCUT2D eigenvalue weighted by molar-refractivity contribution is 0.0694. The summed E-state index contributed by atoms with van der Waals surface area (Å²) in [6, 6.07) is 0. The second-order valence-electron chi connectivity index (χ2n) is 3.55. The van der Waals surface area contributed by atoms with Gasteiger partial charge >= 0.3 is 5.97 Å². The van der Waals surface area contributed by atoms with Crippen LogP contribution in [0.2, 0.25) is 0 Å². The number of fused-ring (bicyclic) bond motifs is 1. The summed E-state index contributed by atoms with van der Waals surface area (Å²) >= 11 is 0. The first-order valence-electron chi connectivity index (χ1n) is 4.73. The third kappa shape index (κ3) is 1.29. The molecule has 5 heteroatoms. The molecule has 0 bridgehead atoms. The zero-order chi connectivity index (χ0) is 10.1. The Morgan fingerprint density at radius 1 is 1.79 bits per heavy atom. The molecule has 0 aliphatic carbocycles. The van der Waals surface area contributed by atoms with Gasteiger partial charge in [-0.2, -0.15) is 5.10 Å². The molecule has 3 N–H and O–H groups in total. The largest absolute Gasteiger partial charge is 0.478 e. The zero-order valence-corrected chi connectivity index (χ0v) is 7.81. The lowest BCUT2D eigenvalue weighted by Gasteiger charge is -2.22. The fraction of sp³-hybridized carbons (Fsp3) is 0.556. The highest BCUT2D eigenvalue weighted by Crippen LogP contribution is 2.28. The molecule has 1 atom stereocenters. The Labute approximate surface area is 81.5 Å². The maximum atomic E-state index is 10.9. The summed E-state index contributed by atoms with van der Waals surface area (Å²) in [4.78, 5) is 10.9. The molecule has 2 rings (SSSR count). The molecule has 0 radical (unpaired) electrons. The smallest absolute Gasteiger partial charge is 0.339 e. The van der Waals surface area contributed by atoms with Crippen LogP contribution in [0.1, 0.15) is 34.8 Å². The minimum atomic E-state index is -0.911. The van der Waals surface area contributed by atoms with Crippen molar-refractivity contribution < 1.29 is 9.90 Å². The Hall–Kier alpha value is -1.36. The summed E-state index contributed by atoms with van der Waals surface area (Å²) in [6.45, 7) is 1.30. The van der Waals surface area contributed by atoms with E-state index in [0.717, 1.165) is 25.1 Å². The Kier molecular flexibility index (Phi) is 2.25. The van der Waals surface area contributed by atoms with Crippen LogP contribution in [0, 0.1) is 0 Å². The molecular weight excluding hydrogens is 182 g/mol. The second-order valence-corrected chi connectivity index (χ2v) is 3.55. The maximum Gasteiger partial charge on any atom is 0.339 e. The van der Waals surface area contributed by atoms with Crippen molar-refractivity contribution in [3.8, 4) is 0 Å². The lowest BCUT2D eigenvalue weighted by atomic mass is 9.93. The van der Waals surface area contributed by atoms with Crippen LogP contribution in [-0.2, 0) is 6.54 Å². The van der Waals surface area contributed by atoms with E-state index in [1.165, 1.54) is 6.20 Å². The highest BCUT2D eigenvalue weighted by Gasteiger charge is 2.26. The number of hydrogen-bond acceptors (Lipinski definition) is 3. The number of rotatable bonds is 2. The Morgan fingerprint density at radius 3 is 3.21 bits per heavy atom. The normalized spacial score (nSPS) is 20.5. The van der Waals surface area contributed by atoms with Gasteiger partial charge in [-0.1, -0.05) is 0 Å². The van der Waals surface area contributed by atoms with Crippen molar-refractivity contribution in [2.75, 3.05) is 6.54 Å². The van der Waals surface area contributed by atoms with E-state index in [0.29, 0.717) is 12.1 Å². The highest BCUT2D eigenvalue weighted by molar-refractivity contribution is 5.88. The van der Waals surface area contributed by atoms with Gasteiger partial charge in [-0.15, -0.1) is 0 Å². The van der Waals surface area contributed by atoms with Gasteiger partial charge in [0, 0.05) is 19.0 Å². The number of aromatic nitrogens is 2. The van der Waals surface area contributed by atoms with E-state index in [9.17, 15) is 4.79 Å². The minimum Gasteiger partial charge on any atom is -0.478 e. The molecule has 5 nitrogen and oxygen atoms in total. The first kappa shape index (κ1) is 9.21. The molecule has 1 aromatic rings. The molecule has 0 fully saturated rings. The molecule has 0 saturated heterocycles. The van der Waals surface area contributed by atoms with Gasteiger partial charge in [-0.25, -0.2) is 4.79 Å². The molecule has 0 amide bonds. The number of aryl methyl sites for hydroxylation is 1. The van der Waals surface area contributed by atoms with Gasteiger partial charge in [0.15, 0.2) is 0 Å². The van der Waals surface area contributed by atoms with Crippen molar-refractivity contribution in [1.29, 1.82) is 0 Å². The molecule has 76 valence electrons. The molecule has 1 aliphatic heterocycles. The van der Waals surface area contributed by atoms with Gasteiger partial charge in [0.2, 0.25) is 0 Å². The zero-order valence-electron chi connectivity index (χ0n) is 7.81.